The standard InChI is InChI=1S/C23H21F3N4O3S/c1-29(14-15-3-9-18(33-2)10-4-15)34(31,32)19-11-12-21-20(13-19)22(27)28-30(21)17-7-5-16(6-8-17)23(24,25)26/h3-13H,14H2,1-2H3,(H2,27,28). The molecule has 0 radical (unpaired) electrons. The van der Waals surface area contributed by atoms with E-state index in [9.17, 15) is 21.6 Å². The van der Waals surface area contributed by atoms with Crippen molar-refractivity contribution in [1.82, 2.24) is 14.1 Å². The highest BCUT2D eigenvalue weighted by Crippen LogP contribution is 2.31. The first kappa shape index (κ1) is 23.6. The quantitative estimate of drug-likeness (QED) is 0.431. The Morgan fingerprint density at radius 1 is 1.03 bits per heavy atom. The molecule has 0 aliphatic carbocycles. The van der Waals surface area contributed by atoms with Gasteiger partial charge in [-0.3, -0.25) is 0 Å². The summed E-state index contributed by atoms with van der Waals surface area (Å²) in [4.78, 5) is 0.0229. The summed E-state index contributed by atoms with van der Waals surface area (Å²) in [5.74, 6) is 0.727. The third kappa shape index (κ3) is 4.44. The molecule has 2 N–H and O–H groups in total. The molecule has 0 saturated carbocycles. The number of nitrogens with two attached hydrogens (primary N) is 1. The summed E-state index contributed by atoms with van der Waals surface area (Å²) >= 11 is 0. The summed E-state index contributed by atoms with van der Waals surface area (Å²) in [6, 6.07) is 15.9. The fourth-order valence-corrected chi connectivity index (χ4v) is 4.71. The Kier molecular flexibility index (Phi) is 6.00. The third-order valence-electron chi connectivity index (χ3n) is 5.39. The van der Waals surface area contributed by atoms with Gasteiger partial charge >= 0.3 is 6.18 Å². The van der Waals surface area contributed by atoms with Gasteiger partial charge in [0.1, 0.15) is 5.75 Å². The van der Waals surface area contributed by atoms with E-state index in [-0.39, 0.29) is 17.3 Å². The minimum absolute atomic E-state index is 0.0229. The van der Waals surface area contributed by atoms with Crippen molar-refractivity contribution >= 4 is 26.7 Å². The van der Waals surface area contributed by atoms with Gasteiger partial charge in [0.2, 0.25) is 10.0 Å². The lowest BCUT2D eigenvalue weighted by Gasteiger charge is -2.17. The molecule has 0 aliphatic heterocycles. The lowest BCUT2D eigenvalue weighted by atomic mass is 10.2. The van der Waals surface area contributed by atoms with Crippen LogP contribution in [-0.2, 0) is 22.7 Å². The third-order valence-corrected chi connectivity index (χ3v) is 7.19. The molecule has 0 bridgehead atoms. The van der Waals surface area contributed by atoms with Crippen molar-refractivity contribution < 1.29 is 26.3 Å². The van der Waals surface area contributed by atoms with Crippen LogP contribution in [0.5, 0.6) is 5.75 Å². The molecule has 1 aromatic heterocycles. The lowest BCUT2D eigenvalue weighted by Crippen LogP contribution is -2.26. The maximum Gasteiger partial charge on any atom is 0.416 e. The maximum absolute atomic E-state index is 13.1. The van der Waals surface area contributed by atoms with Crippen molar-refractivity contribution in [2.75, 3.05) is 19.9 Å². The zero-order valence-electron chi connectivity index (χ0n) is 18.2. The number of anilines is 1. The number of hydrogen-bond acceptors (Lipinski definition) is 5. The minimum atomic E-state index is -4.45. The van der Waals surface area contributed by atoms with Gasteiger partial charge in [0.15, 0.2) is 5.82 Å². The number of benzene rings is 3. The molecule has 178 valence electrons. The van der Waals surface area contributed by atoms with Crippen LogP contribution in [0.4, 0.5) is 19.0 Å². The van der Waals surface area contributed by atoms with Crippen LogP contribution in [-0.4, -0.2) is 36.7 Å². The smallest absolute Gasteiger partial charge is 0.416 e. The molecule has 0 saturated heterocycles. The van der Waals surface area contributed by atoms with Gasteiger partial charge in [-0.15, -0.1) is 5.10 Å². The van der Waals surface area contributed by atoms with Crippen LogP contribution < -0.4 is 10.5 Å². The summed E-state index contributed by atoms with van der Waals surface area (Å²) < 4.78 is 72.6. The predicted molar refractivity (Wildman–Crippen MR) is 122 cm³/mol. The van der Waals surface area contributed by atoms with Crippen LogP contribution in [0, 0.1) is 0 Å². The molecule has 4 aromatic rings. The van der Waals surface area contributed by atoms with E-state index in [0.29, 0.717) is 22.3 Å². The Morgan fingerprint density at radius 2 is 1.68 bits per heavy atom. The SMILES string of the molecule is COc1ccc(CN(C)S(=O)(=O)c2ccc3c(c2)c(N)nn3-c2ccc(C(F)(F)F)cc2)cc1. The summed E-state index contributed by atoms with van der Waals surface area (Å²) in [6.45, 7) is 0.144. The minimum Gasteiger partial charge on any atom is -0.497 e. The van der Waals surface area contributed by atoms with Crippen molar-refractivity contribution in [3.63, 3.8) is 0 Å². The first-order chi connectivity index (χ1) is 16.0. The first-order valence-electron chi connectivity index (χ1n) is 10.1. The van der Waals surface area contributed by atoms with E-state index in [4.69, 9.17) is 10.5 Å². The van der Waals surface area contributed by atoms with Gasteiger partial charge in [-0.25, -0.2) is 13.1 Å². The van der Waals surface area contributed by atoms with E-state index < -0.39 is 21.8 Å². The number of hydrogen-bond donors (Lipinski definition) is 1. The fourth-order valence-electron chi connectivity index (χ4n) is 3.52. The number of alkyl halides is 3. The molecule has 0 atom stereocenters. The van der Waals surface area contributed by atoms with Gasteiger partial charge < -0.3 is 10.5 Å². The van der Waals surface area contributed by atoms with Crippen molar-refractivity contribution in [2.24, 2.45) is 0 Å². The average Bonchev–Trinajstić information content (AvgIpc) is 3.15. The van der Waals surface area contributed by atoms with E-state index >= 15 is 0 Å². The number of nitrogens with zero attached hydrogens (tertiary/aromatic N) is 3. The van der Waals surface area contributed by atoms with Crippen molar-refractivity contribution in [3.05, 3.63) is 77.9 Å². The Hall–Kier alpha value is -3.57. The molecule has 0 spiro atoms. The zero-order valence-corrected chi connectivity index (χ0v) is 19.1. The van der Waals surface area contributed by atoms with Crippen LogP contribution >= 0.6 is 0 Å². The Balaban J connectivity index is 1.65. The molecule has 4 rings (SSSR count). The monoisotopic (exact) mass is 490 g/mol. The Bertz CT molecular complexity index is 1430. The maximum atomic E-state index is 13.1. The number of sulfonamides is 1. The van der Waals surface area contributed by atoms with E-state index in [1.807, 2.05) is 0 Å². The Labute approximate surface area is 194 Å². The number of fused-ring (bicyclic) bond motifs is 1. The lowest BCUT2D eigenvalue weighted by molar-refractivity contribution is -0.137. The number of aromatic nitrogens is 2. The average molecular weight is 491 g/mol. The van der Waals surface area contributed by atoms with Crippen molar-refractivity contribution in [2.45, 2.75) is 17.6 Å². The molecule has 34 heavy (non-hydrogen) atoms. The second kappa shape index (κ2) is 8.65. The van der Waals surface area contributed by atoms with E-state index in [2.05, 4.69) is 5.10 Å². The second-order valence-electron chi connectivity index (χ2n) is 7.63. The largest absolute Gasteiger partial charge is 0.497 e. The number of methoxy groups -OCH3 is 1. The molecule has 1 heterocycles. The predicted octanol–water partition coefficient (Wildman–Crippen LogP) is 4.46. The van der Waals surface area contributed by atoms with Crippen molar-refractivity contribution in [1.29, 1.82) is 0 Å². The van der Waals surface area contributed by atoms with Crippen molar-refractivity contribution in [3.8, 4) is 11.4 Å². The number of halogens is 3. The Morgan fingerprint density at radius 3 is 2.26 bits per heavy atom. The topological polar surface area (TPSA) is 90.4 Å². The summed E-state index contributed by atoms with van der Waals surface area (Å²) in [5, 5.41) is 4.57. The molecular formula is C23H21F3N4O3S. The summed E-state index contributed by atoms with van der Waals surface area (Å²) in [7, 11) is -0.834. The molecule has 11 heteroatoms. The van der Waals surface area contributed by atoms with Gasteiger partial charge in [-0.2, -0.15) is 17.5 Å². The molecule has 3 aromatic carbocycles. The van der Waals surface area contributed by atoms with Gasteiger partial charge in [-0.1, -0.05) is 12.1 Å². The molecule has 0 amide bonds. The van der Waals surface area contributed by atoms with Gasteiger partial charge in [0, 0.05) is 19.0 Å². The van der Waals surface area contributed by atoms with Crippen LogP contribution in [0.3, 0.4) is 0 Å². The number of rotatable bonds is 6. The highest BCUT2D eigenvalue weighted by atomic mass is 32.2. The van der Waals surface area contributed by atoms with Gasteiger partial charge in [0.05, 0.1) is 28.8 Å². The van der Waals surface area contributed by atoms with Crippen LogP contribution in [0.2, 0.25) is 0 Å². The highest BCUT2D eigenvalue weighted by Gasteiger charge is 2.30. The number of nitrogen functional groups attached to an aromatic ring is 1. The number of ether oxygens (including phenoxy) is 1. The molecule has 0 fully saturated rings. The summed E-state index contributed by atoms with van der Waals surface area (Å²) in [6.07, 6.45) is -4.45. The van der Waals surface area contributed by atoms with Crippen LogP contribution in [0.15, 0.2) is 71.6 Å². The highest BCUT2D eigenvalue weighted by molar-refractivity contribution is 7.89. The first-order valence-corrected chi connectivity index (χ1v) is 11.5. The van der Waals surface area contributed by atoms with E-state index in [1.54, 1.807) is 31.4 Å². The summed E-state index contributed by atoms with van der Waals surface area (Å²) in [5.41, 5.74) is 6.85. The molecule has 0 unspecified atom stereocenters. The van der Waals surface area contributed by atoms with Crippen LogP contribution in [0.1, 0.15) is 11.1 Å². The van der Waals surface area contributed by atoms with Gasteiger partial charge in [-0.05, 0) is 60.2 Å². The fraction of sp³-hybridized carbons (Fsp3) is 0.174. The normalized spacial score (nSPS) is 12.4. The molecule has 0 aliphatic rings. The molecular weight excluding hydrogens is 469 g/mol. The zero-order chi connectivity index (χ0) is 24.7. The van der Waals surface area contributed by atoms with E-state index in [1.165, 1.54) is 46.4 Å². The van der Waals surface area contributed by atoms with E-state index in [0.717, 1.165) is 17.7 Å². The second-order valence-corrected chi connectivity index (χ2v) is 9.67. The molecule has 7 nitrogen and oxygen atoms in total. The van der Waals surface area contributed by atoms with Gasteiger partial charge in [0.25, 0.3) is 0 Å². The van der Waals surface area contributed by atoms with Crippen LogP contribution in [0.25, 0.3) is 16.6 Å².